The third-order valence-electron chi connectivity index (χ3n) is 3.30. The zero-order valence-electron chi connectivity index (χ0n) is 11.2. The normalized spacial score (nSPS) is 15.3. The fraction of sp³-hybridized carbons (Fsp3) is 0.571. The fourth-order valence-electron chi connectivity index (χ4n) is 2.35. The van der Waals surface area contributed by atoms with E-state index in [1.807, 2.05) is 26.2 Å². The van der Waals surface area contributed by atoms with Gasteiger partial charge in [-0.3, -0.25) is 0 Å². The van der Waals surface area contributed by atoms with Crippen molar-refractivity contribution in [3.05, 3.63) is 35.6 Å². The molecule has 96 valence electrons. The molecule has 17 heavy (non-hydrogen) atoms. The first-order valence-electron chi connectivity index (χ1n) is 6.09. The highest BCUT2D eigenvalue weighted by molar-refractivity contribution is 5.21. The molecule has 0 saturated carbocycles. The van der Waals surface area contributed by atoms with E-state index in [0.29, 0.717) is 18.4 Å². The van der Waals surface area contributed by atoms with Crippen LogP contribution in [-0.4, -0.2) is 25.5 Å². The molecule has 2 atom stereocenters. The van der Waals surface area contributed by atoms with Crippen LogP contribution in [0.4, 0.5) is 4.39 Å². The van der Waals surface area contributed by atoms with Gasteiger partial charge in [0.25, 0.3) is 0 Å². The molecule has 1 rings (SSSR count). The summed E-state index contributed by atoms with van der Waals surface area (Å²) in [5.41, 5.74) is 7.00. The number of halogens is 1. The summed E-state index contributed by atoms with van der Waals surface area (Å²) in [5.74, 6) is 0.674. The van der Waals surface area contributed by atoms with Gasteiger partial charge >= 0.3 is 0 Å². The van der Waals surface area contributed by atoms with Crippen molar-refractivity contribution in [2.75, 3.05) is 20.6 Å². The smallest absolute Gasteiger partial charge is 0.123 e. The first kappa shape index (κ1) is 14.1. The van der Waals surface area contributed by atoms with Gasteiger partial charge in [-0.25, -0.2) is 4.39 Å². The molecular weight excluding hydrogens is 215 g/mol. The van der Waals surface area contributed by atoms with Crippen LogP contribution in [0.3, 0.4) is 0 Å². The van der Waals surface area contributed by atoms with Crippen molar-refractivity contribution >= 4 is 0 Å². The molecule has 0 aliphatic heterocycles. The minimum absolute atomic E-state index is 0.194. The molecule has 0 aliphatic carbocycles. The van der Waals surface area contributed by atoms with E-state index in [1.54, 1.807) is 0 Å². The topological polar surface area (TPSA) is 29.3 Å². The SMILES string of the molecule is CC(C)C(CN)C(c1ccc(F)cc1)N(C)C. The van der Waals surface area contributed by atoms with Crippen LogP contribution < -0.4 is 5.73 Å². The van der Waals surface area contributed by atoms with Crippen LogP contribution in [-0.2, 0) is 0 Å². The molecule has 2 nitrogen and oxygen atoms in total. The number of hydrogen-bond donors (Lipinski definition) is 1. The van der Waals surface area contributed by atoms with Crippen LogP contribution in [0.2, 0.25) is 0 Å². The summed E-state index contributed by atoms with van der Waals surface area (Å²) < 4.78 is 13.0. The first-order valence-corrected chi connectivity index (χ1v) is 6.09. The Labute approximate surface area is 104 Å². The summed E-state index contributed by atoms with van der Waals surface area (Å²) in [6.45, 7) is 4.99. The lowest BCUT2D eigenvalue weighted by molar-refractivity contribution is 0.175. The lowest BCUT2D eigenvalue weighted by Gasteiger charge is -2.34. The Bertz CT molecular complexity index is 333. The molecule has 0 fully saturated rings. The van der Waals surface area contributed by atoms with Crippen LogP contribution in [0, 0.1) is 17.7 Å². The van der Waals surface area contributed by atoms with Gasteiger partial charge in [0.2, 0.25) is 0 Å². The molecule has 1 aromatic carbocycles. The Morgan fingerprint density at radius 2 is 1.71 bits per heavy atom. The maximum Gasteiger partial charge on any atom is 0.123 e. The Balaban J connectivity index is 3.03. The molecule has 1 aromatic rings. The molecular formula is C14H23FN2. The second-order valence-corrected chi connectivity index (χ2v) is 5.10. The molecule has 0 aromatic heterocycles. The second-order valence-electron chi connectivity index (χ2n) is 5.10. The Kier molecular flexibility index (Phi) is 5.09. The highest BCUT2D eigenvalue weighted by atomic mass is 19.1. The van der Waals surface area contributed by atoms with Crippen molar-refractivity contribution in [1.82, 2.24) is 4.90 Å². The molecule has 2 unspecified atom stereocenters. The molecule has 0 amide bonds. The van der Waals surface area contributed by atoms with Gasteiger partial charge < -0.3 is 10.6 Å². The Morgan fingerprint density at radius 3 is 2.06 bits per heavy atom. The summed E-state index contributed by atoms with van der Waals surface area (Å²) >= 11 is 0. The summed E-state index contributed by atoms with van der Waals surface area (Å²) in [5, 5.41) is 0. The third kappa shape index (κ3) is 3.51. The van der Waals surface area contributed by atoms with Crippen LogP contribution in [0.25, 0.3) is 0 Å². The number of rotatable bonds is 5. The van der Waals surface area contributed by atoms with Gasteiger partial charge in [0, 0.05) is 6.04 Å². The minimum atomic E-state index is -0.194. The molecule has 0 saturated heterocycles. The van der Waals surface area contributed by atoms with Crippen LogP contribution in [0.15, 0.2) is 24.3 Å². The molecule has 2 N–H and O–H groups in total. The average molecular weight is 238 g/mol. The standard InChI is InChI=1S/C14H23FN2/c1-10(2)13(9-16)14(17(3)4)11-5-7-12(15)8-6-11/h5-8,10,13-14H,9,16H2,1-4H3. The monoisotopic (exact) mass is 238 g/mol. The van der Waals surface area contributed by atoms with E-state index in [9.17, 15) is 4.39 Å². The van der Waals surface area contributed by atoms with Crippen molar-refractivity contribution < 1.29 is 4.39 Å². The van der Waals surface area contributed by atoms with Crippen LogP contribution >= 0.6 is 0 Å². The third-order valence-corrected chi connectivity index (χ3v) is 3.30. The fourth-order valence-corrected chi connectivity index (χ4v) is 2.35. The van der Waals surface area contributed by atoms with Crippen LogP contribution in [0.5, 0.6) is 0 Å². The summed E-state index contributed by atoms with van der Waals surface area (Å²) in [6.07, 6.45) is 0. The summed E-state index contributed by atoms with van der Waals surface area (Å²) in [7, 11) is 4.08. The van der Waals surface area contributed by atoms with E-state index < -0.39 is 0 Å². The largest absolute Gasteiger partial charge is 0.330 e. The predicted octanol–water partition coefficient (Wildman–Crippen LogP) is 2.66. The van der Waals surface area contributed by atoms with Crippen molar-refractivity contribution in [2.24, 2.45) is 17.6 Å². The van der Waals surface area contributed by atoms with Gasteiger partial charge in [0.1, 0.15) is 5.82 Å². The number of benzene rings is 1. The second kappa shape index (κ2) is 6.12. The number of nitrogens with two attached hydrogens (primary N) is 1. The van der Waals surface area contributed by atoms with E-state index in [0.717, 1.165) is 5.56 Å². The van der Waals surface area contributed by atoms with Crippen molar-refractivity contribution in [3.63, 3.8) is 0 Å². The van der Waals surface area contributed by atoms with Crippen molar-refractivity contribution in [3.8, 4) is 0 Å². The lowest BCUT2D eigenvalue weighted by Crippen LogP contribution is -2.35. The van der Waals surface area contributed by atoms with Gasteiger partial charge in [0.15, 0.2) is 0 Å². The molecule has 0 radical (unpaired) electrons. The van der Waals surface area contributed by atoms with Crippen LogP contribution in [0.1, 0.15) is 25.5 Å². The van der Waals surface area contributed by atoms with Crippen molar-refractivity contribution in [1.29, 1.82) is 0 Å². The van der Waals surface area contributed by atoms with Gasteiger partial charge in [-0.15, -0.1) is 0 Å². The van der Waals surface area contributed by atoms with Gasteiger partial charge in [-0.2, -0.15) is 0 Å². The summed E-state index contributed by atoms with van der Waals surface area (Å²) in [4.78, 5) is 2.16. The van der Waals surface area contributed by atoms with Gasteiger partial charge in [0.05, 0.1) is 0 Å². The number of nitrogens with zero attached hydrogens (tertiary/aromatic N) is 1. The average Bonchev–Trinajstić information content (AvgIpc) is 2.26. The quantitative estimate of drug-likeness (QED) is 0.854. The van der Waals surface area contributed by atoms with E-state index in [-0.39, 0.29) is 11.9 Å². The van der Waals surface area contributed by atoms with E-state index in [2.05, 4.69) is 18.7 Å². The van der Waals surface area contributed by atoms with Gasteiger partial charge in [-0.1, -0.05) is 26.0 Å². The van der Waals surface area contributed by atoms with E-state index >= 15 is 0 Å². The number of hydrogen-bond acceptors (Lipinski definition) is 2. The highest BCUT2D eigenvalue weighted by Crippen LogP contribution is 2.31. The Hall–Kier alpha value is -0.930. The zero-order chi connectivity index (χ0) is 13.0. The minimum Gasteiger partial charge on any atom is -0.330 e. The van der Waals surface area contributed by atoms with E-state index in [4.69, 9.17) is 5.73 Å². The van der Waals surface area contributed by atoms with Crippen molar-refractivity contribution in [2.45, 2.75) is 19.9 Å². The maximum atomic E-state index is 13.0. The summed E-state index contributed by atoms with van der Waals surface area (Å²) in [6, 6.07) is 6.97. The molecule has 3 heteroatoms. The Morgan fingerprint density at radius 1 is 1.18 bits per heavy atom. The molecule has 0 heterocycles. The maximum absolute atomic E-state index is 13.0. The molecule has 0 aliphatic rings. The highest BCUT2D eigenvalue weighted by Gasteiger charge is 2.26. The first-order chi connectivity index (χ1) is 7.97. The predicted molar refractivity (Wildman–Crippen MR) is 70.2 cm³/mol. The molecule has 0 spiro atoms. The molecule has 0 bridgehead atoms. The van der Waals surface area contributed by atoms with Gasteiger partial charge in [-0.05, 0) is 50.2 Å². The zero-order valence-corrected chi connectivity index (χ0v) is 11.2. The van der Waals surface area contributed by atoms with E-state index in [1.165, 1.54) is 12.1 Å². The lowest BCUT2D eigenvalue weighted by atomic mass is 9.84.